The second-order valence-corrected chi connectivity index (χ2v) is 7.54. The van der Waals surface area contributed by atoms with Crippen molar-refractivity contribution in [2.24, 2.45) is 0 Å². The van der Waals surface area contributed by atoms with Crippen LogP contribution in [-0.4, -0.2) is 26.0 Å². The number of hydrogen-bond acceptors (Lipinski definition) is 1. The van der Waals surface area contributed by atoms with Gasteiger partial charge < -0.3 is 0 Å². The van der Waals surface area contributed by atoms with Crippen LogP contribution in [-0.2, 0) is 0 Å². The summed E-state index contributed by atoms with van der Waals surface area (Å²) in [7, 11) is -0.790. The van der Waals surface area contributed by atoms with E-state index >= 15 is 0 Å². The fraction of sp³-hybridized carbons (Fsp3) is 1.00. The van der Waals surface area contributed by atoms with Crippen LogP contribution in [0, 0.1) is 0 Å². The van der Waals surface area contributed by atoms with Crippen molar-refractivity contribution < 1.29 is 0 Å². The van der Waals surface area contributed by atoms with Crippen LogP contribution in [0.4, 0.5) is 0 Å². The summed E-state index contributed by atoms with van der Waals surface area (Å²) >= 11 is 0. The molecule has 1 nitrogen and oxygen atoms in total. The molecule has 1 N–H and O–H groups in total. The molecule has 1 aliphatic heterocycles. The minimum absolute atomic E-state index is 0.790. The van der Waals surface area contributed by atoms with Gasteiger partial charge in [-0.05, 0) is 0 Å². The Balaban J connectivity index is 2.40. The molecule has 7 heavy (non-hydrogen) atoms. The Labute approximate surface area is 45.9 Å². The summed E-state index contributed by atoms with van der Waals surface area (Å²) in [5.74, 6) is 0. The van der Waals surface area contributed by atoms with Gasteiger partial charge in [0, 0.05) is 0 Å². The summed E-state index contributed by atoms with van der Waals surface area (Å²) in [5, 5.41) is 3.53. The van der Waals surface area contributed by atoms with Crippen LogP contribution >= 0.6 is 7.41 Å². The van der Waals surface area contributed by atoms with Gasteiger partial charge in [-0.15, -0.1) is 0 Å². The summed E-state index contributed by atoms with van der Waals surface area (Å²) in [6.45, 7) is 6.05. The Morgan fingerprint density at radius 3 is 2.29 bits per heavy atom. The predicted molar refractivity (Wildman–Crippen MR) is 37.6 cm³/mol. The zero-order valence-electron chi connectivity index (χ0n) is 5.12. The van der Waals surface area contributed by atoms with Gasteiger partial charge in [-0.3, -0.25) is 0 Å². The van der Waals surface area contributed by atoms with Crippen LogP contribution in [0.15, 0.2) is 0 Å². The first-order valence-corrected chi connectivity index (χ1v) is 6.16. The summed E-state index contributed by atoms with van der Waals surface area (Å²) in [4.78, 5) is 0. The number of rotatable bonds is 0. The zero-order chi connectivity index (χ0) is 5.33. The van der Waals surface area contributed by atoms with Crippen LogP contribution in [0.2, 0.25) is 0 Å². The summed E-state index contributed by atoms with van der Waals surface area (Å²) in [6.07, 6.45) is 2.90. The third kappa shape index (κ3) is 1.40. The molecule has 0 aliphatic carbocycles. The van der Waals surface area contributed by atoms with E-state index in [4.69, 9.17) is 0 Å². The second kappa shape index (κ2) is 1.72. The van der Waals surface area contributed by atoms with E-state index in [2.05, 4.69) is 18.4 Å². The number of nitrogens with one attached hydrogen (secondary N) is 1. The summed E-state index contributed by atoms with van der Waals surface area (Å²) in [6, 6.07) is 0. The molecule has 1 fully saturated rings. The van der Waals surface area contributed by atoms with Crippen molar-refractivity contribution in [3.8, 4) is 0 Å². The van der Waals surface area contributed by atoms with E-state index in [0.717, 1.165) is 0 Å². The van der Waals surface area contributed by atoms with Crippen molar-refractivity contribution in [1.29, 1.82) is 0 Å². The van der Waals surface area contributed by atoms with Crippen molar-refractivity contribution in [1.82, 2.24) is 5.09 Å². The molecule has 0 amide bonds. The van der Waals surface area contributed by atoms with E-state index in [-0.39, 0.29) is 0 Å². The van der Waals surface area contributed by atoms with Gasteiger partial charge in [0.25, 0.3) is 0 Å². The van der Waals surface area contributed by atoms with Crippen molar-refractivity contribution >= 4 is 7.41 Å². The first kappa shape index (κ1) is 5.53. The average molecular weight is 119 g/mol. The molecule has 0 aromatic rings. The molecular formula is C5H14NP. The number of hydrogen-bond donors (Lipinski definition) is 1. The van der Waals surface area contributed by atoms with Gasteiger partial charge in [0.1, 0.15) is 0 Å². The van der Waals surface area contributed by atoms with Crippen LogP contribution in [0.5, 0.6) is 0 Å². The van der Waals surface area contributed by atoms with Gasteiger partial charge in [0.2, 0.25) is 0 Å². The molecule has 1 aliphatic rings. The van der Waals surface area contributed by atoms with E-state index in [0.29, 0.717) is 0 Å². The monoisotopic (exact) mass is 119 g/mol. The van der Waals surface area contributed by atoms with Gasteiger partial charge >= 0.3 is 45.0 Å². The topological polar surface area (TPSA) is 12.0 Å². The molecule has 0 saturated carbocycles. The standard InChI is InChI=1S/C5H14NP/c1-7(2)5-3-4-6-7/h6-7H,3-5H2,1-2H3. The molecule has 0 atom stereocenters. The van der Waals surface area contributed by atoms with Crippen LogP contribution < -0.4 is 5.09 Å². The molecule has 0 aromatic heterocycles. The molecular weight excluding hydrogens is 105 g/mol. The molecule has 0 bridgehead atoms. The third-order valence-corrected chi connectivity index (χ3v) is 4.39. The average Bonchev–Trinajstić information content (AvgIpc) is 1.84. The van der Waals surface area contributed by atoms with Gasteiger partial charge in [-0.1, -0.05) is 0 Å². The summed E-state index contributed by atoms with van der Waals surface area (Å²) in [5.41, 5.74) is 0. The Morgan fingerprint density at radius 2 is 2.14 bits per heavy atom. The SMILES string of the molecule is C[PH]1(C)CCCN1. The van der Waals surface area contributed by atoms with E-state index in [9.17, 15) is 0 Å². The van der Waals surface area contributed by atoms with Crippen LogP contribution in [0.1, 0.15) is 6.42 Å². The first-order chi connectivity index (χ1) is 3.21. The molecule has 1 heterocycles. The van der Waals surface area contributed by atoms with E-state index in [1.807, 2.05) is 0 Å². The fourth-order valence-corrected chi connectivity index (χ4v) is 3.14. The maximum atomic E-state index is 3.53. The summed E-state index contributed by atoms with van der Waals surface area (Å²) < 4.78 is 0. The Kier molecular flexibility index (Phi) is 1.36. The van der Waals surface area contributed by atoms with Crippen molar-refractivity contribution in [2.75, 3.05) is 26.0 Å². The van der Waals surface area contributed by atoms with Gasteiger partial charge in [0.15, 0.2) is 0 Å². The zero-order valence-corrected chi connectivity index (χ0v) is 6.12. The molecule has 0 radical (unpaired) electrons. The third-order valence-electron chi connectivity index (χ3n) is 1.58. The molecule has 44 valence electrons. The molecule has 0 unspecified atom stereocenters. The molecule has 0 spiro atoms. The van der Waals surface area contributed by atoms with Crippen molar-refractivity contribution in [2.45, 2.75) is 6.42 Å². The first-order valence-electron chi connectivity index (χ1n) is 2.96. The van der Waals surface area contributed by atoms with Crippen molar-refractivity contribution in [3.63, 3.8) is 0 Å². The van der Waals surface area contributed by atoms with Gasteiger partial charge in [0.05, 0.1) is 0 Å². The van der Waals surface area contributed by atoms with Crippen LogP contribution in [0.25, 0.3) is 0 Å². The molecule has 0 aromatic carbocycles. The van der Waals surface area contributed by atoms with E-state index < -0.39 is 7.41 Å². The Bertz CT molecular complexity index is 62.5. The van der Waals surface area contributed by atoms with Gasteiger partial charge in [-0.25, -0.2) is 0 Å². The van der Waals surface area contributed by atoms with E-state index in [1.54, 1.807) is 0 Å². The van der Waals surface area contributed by atoms with Crippen LogP contribution in [0.3, 0.4) is 0 Å². The van der Waals surface area contributed by atoms with E-state index in [1.165, 1.54) is 19.1 Å². The Hall–Kier alpha value is 0.390. The normalized spacial score (nSPS) is 32.9. The predicted octanol–water partition coefficient (Wildman–Crippen LogP) is 0.904. The quantitative estimate of drug-likeness (QED) is 0.467. The fourth-order valence-electron chi connectivity index (χ4n) is 1.05. The Morgan fingerprint density at radius 1 is 1.43 bits per heavy atom. The molecule has 2 heteroatoms. The molecule has 1 saturated heterocycles. The second-order valence-electron chi connectivity index (χ2n) is 2.91. The molecule has 1 rings (SSSR count). The van der Waals surface area contributed by atoms with Crippen molar-refractivity contribution in [3.05, 3.63) is 0 Å². The maximum absolute atomic E-state index is 3.53. The van der Waals surface area contributed by atoms with Gasteiger partial charge in [-0.2, -0.15) is 0 Å². The minimum atomic E-state index is -0.790.